The summed E-state index contributed by atoms with van der Waals surface area (Å²) in [4.78, 5) is 34.1. The number of carbonyl (C=O) groups excluding carboxylic acids is 2. The molecule has 0 saturated heterocycles. The van der Waals surface area contributed by atoms with E-state index in [-0.39, 0.29) is 18.4 Å². The molecule has 0 radical (unpaired) electrons. The van der Waals surface area contributed by atoms with E-state index < -0.39 is 35.2 Å². The Balaban J connectivity index is 2.72. The molecule has 0 aliphatic heterocycles. The van der Waals surface area contributed by atoms with Crippen molar-refractivity contribution in [3.05, 3.63) is 0 Å². The molecule has 0 spiro atoms. The van der Waals surface area contributed by atoms with Crippen molar-refractivity contribution in [2.75, 3.05) is 0 Å². The summed E-state index contributed by atoms with van der Waals surface area (Å²) in [7, 11) is 0. The lowest BCUT2D eigenvalue weighted by Crippen LogP contribution is -2.55. The van der Waals surface area contributed by atoms with E-state index in [4.69, 9.17) is 11.5 Å². The molecule has 1 fully saturated rings. The van der Waals surface area contributed by atoms with Crippen molar-refractivity contribution >= 4 is 17.8 Å². The maximum atomic E-state index is 12.0. The largest absolute Gasteiger partial charge is 0.481 e. The van der Waals surface area contributed by atoms with Crippen LogP contribution in [0.25, 0.3) is 0 Å². The Morgan fingerprint density at radius 2 is 1.90 bits per heavy atom. The lowest BCUT2D eigenvalue weighted by atomic mass is 9.61. The number of hydrogen-bond acceptors (Lipinski definition) is 4. The van der Waals surface area contributed by atoms with E-state index in [1.807, 2.05) is 20.8 Å². The molecule has 7 nitrogen and oxygen atoms in total. The predicted molar refractivity (Wildman–Crippen MR) is 77.0 cm³/mol. The molecule has 1 aliphatic carbocycles. The van der Waals surface area contributed by atoms with Crippen LogP contribution in [0.5, 0.6) is 0 Å². The lowest BCUT2D eigenvalue weighted by molar-refractivity contribution is -0.150. The first-order valence-corrected chi connectivity index (χ1v) is 7.14. The van der Waals surface area contributed by atoms with Gasteiger partial charge in [-0.25, -0.2) is 0 Å². The topological polar surface area (TPSA) is 136 Å². The highest BCUT2D eigenvalue weighted by atomic mass is 16.4. The Kier molecular flexibility index (Phi) is 5.33. The summed E-state index contributed by atoms with van der Waals surface area (Å²) in [6, 6.07) is -1.11. The molecule has 4 atom stereocenters. The number of carbonyl (C=O) groups is 3. The van der Waals surface area contributed by atoms with Crippen molar-refractivity contribution in [3.8, 4) is 0 Å². The summed E-state index contributed by atoms with van der Waals surface area (Å²) in [5.41, 5.74) is 10.2. The van der Waals surface area contributed by atoms with Crippen LogP contribution in [0.3, 0.4) is 0 Å². The van der Waals surface area contributed by atoms with E-state index >= 15 is 0 Å². The van der Waals surface area contributed by atoms with Gasteiger partial charge >= 0.3 is 5.97 Å². The van der Waals surface area contributed by atoms with E-state index in [9.17, 15) is 19.5 Å². The molecule has 0 bridgehead atoms. The van der Waals surface area contributed by atoms with Gasteiger partial charge in [0.15, 0.2) is 0 Å². The Labute approximate surface area is 124 Å². The number of nitrogens with one attached hydrogen (secondary N) is 1. The van der Waals surface area contributed by atoms with E-state index in [1.54, 1.807) is 0 Å². The second-order valence-electron chi connectivity index (χ2n) is 6.47. The summed E-state index contributed by atoms with van der Waals surface area (Å²) >= 11 is 0. The van der Waals surface area contributed by atoms with Crippen molar-refractivity contribution < 1.29 is 19.5 Å². The van der Waals surface area contributed by atoms with Gasteiger partial charge in [-0.3, -0.25) is 14.4 Å². The summed E-state index contributed by atoms with van der Waals surface area (Å²) in [6.45, 7) is 5.73. The zero-order valence-electron chi connectivity index (χ0n) is 12.8. The van der Waals surface area contributed by atoms with Crippen molar-refractivity contribution in [2.45, 2.75) is 52.1 Å². The number of amides is 2. The number of hydrogen-bond donors (Lipinski definition) is 4. The number of aliphatic carboxylic acids is 1. The van der Waals surface area contributed by atoms with Crippen molar-refractivity contribution in [2.24, 2.45) is 28.7 Å². The highest BCUT2D eigenvalue weighted by Gasteiger charge is 2.46. The first kappa shape index (κ1) is 17.4. The third kappa shape index (κ3) is 3.93. The zero-order chi connectivity index (χ0) is 16.4. The summed E-state index contributed by atoms with van der Waals surface area (Å²) in [5, 5.41) is 12.1. The Morgan fingerprint density at radius 1 is 1.33 bits per heavy atom. The first-order valence-electron chi connectivity index (χ1n) is 7.14. The van der Waals surface area contributed by atoms with E-state index in [2.05, 4.69) is 5.32 Å². The highest BCUT2D eigenvalue weighted by molar-refractivity contribution is 5.87. The molecule has 6 N–H and O–H groups in total. The van der Waals surface area contributed by atoms with Crippen LogP contribution in [-0.4, -0.2) is 35.0 Å². The second kappa shape index (κ2) is 6.43. The average molecular weight is 299 g/mol. The number of carboxylic acids is 1. The molecular formula is C14H25N3O4. The molecule has 1 saturated carbocycles. The Bertz CT molecular complexity index is 436. The first-order chi connectivity index (χ1) is 9.57. The quantitative estimate of drug-likeness (QED) is 0.559. The summed E-state index contributed by atoms with van der Waals surface area (Å²) in [6.07, 6.45) is 0.882. The third-order valence-electron chi connectivity index (χ3n) is 4.83. The molecule has 120 valence electrons. The fourth-order valence-corrected chi connectivity index (χ4v) is 3.04. The summed E-state index contributed by atoms with van der Waals surface area (Å²) < 4.78 is 0. The second-order valence-corrected chi connectivity index (χ2v) is 6.47. The minimum Gasteiger partial charge on any atom is -0.481 e. The average Bonchev–Trinajstić information content (AvgIpc) is 2.33. The molecule has 7 heteroatoms. The molecule has 2 amide bonds. The van der Waals surface area contributed by atoms with Crippen LogP contribution in [0.2, 0.25) is 0 Å². The van der Waals surface area contributed by atoms with Crippen LogP contribution >= 0.6 is 0 Å². The van der Waals surface area contributed by atoms with Crippen LogP contribution in [0.15, 0.2) is 0 Å². The van der Waals surface area contributed by atoms with Gasteiger partial charge < -0.3 is 21.9 Å². The van der Waals surface area contributed by atoms with Crippen molar-refractivity contribution in [1.29, 1.82) is 0 Å². The van der Waals surface area contributed by atoms with Crippen molar-refractivity contribution in [3.63, 3.8) is 0 Å². The van der Waals surface area contributed by atoms with Gasteiger partial charge in [-0.05, 0) is 24.2 Å². The molecular weight excluding hydrogens is 274 g/mol. The Morgan fingerprint density at radius 3 is 2.38 bits per heavy atom. The molecule has 0 heterocycles. The molecule has 1 aliphatic rings. The van der Waals surface area contributed by atoms with Gasteiger partial charge in [0, 0.05) is 6.04 Å². The van der Waals surface area contributed by atoms with Crippen LogP contribution < -0.4 is 16.8 Å². The van der Waals surface area contributed by atoms with Gasteiger partial charge in [-0.15, -0.1) is 0 Å². The van der Waals surface area contributed by atoms with Crippen molar-refractivity contribution in [1.82, 2.24) is 5.32 Å². The van der Waals surface area contributed by atoms with Gasteiger partial charge in [0.2, 0.25) is 11.8 Å². The zero-order valence-corrected chi connectivity index (χ0v) is 12.8. The summed E-state index contributed by atoms with van der Waals surface area (Å²) in [5.74, 6) is -2.30. The van der Waals surface area contributed by atoms with Crippen LogP contribution in [0, 0.1) is 17.3 Å². The molecule has 21 heavy (non-hydrogen) atoms. The molecule has 0 aromatic rings. The standard InChI is InChI=1S/C14H25N3O4/c1-7-10(17-12(19)9(15)6-11(16)18)5-4-8(13(20)21)14(7,2)3/h7-10H,4-6,15H2,1-3H3,(H2,16,18)(H,17,19)(H,20,21). The number of carboxylic acid groups (broad SMARTS) is 1. The van der Waals surface area contributed by atoms with Gasteiger partial charge in [-0.1, -0.05) is 20.8 Å². The predicted octanol–water partition coefficient (Wildman–Crippen LogP) is -0.169. The van der Waals surface area contributed by atoms with Crippen LogP contribution in [0.4, 0.5) is 0 Å². The highest BCUT2D eigenvalue weighted by Crippen LogP contribution is 2.45. The van der Waals surface area contributed by atoms with Gasteiger partial charge in [0.1, 0.15) is 0 Å². The number of rotatable bonds is 5. The Hall–Kier alpha value is -1.63. The van der Waals surface area contributed by atoms with E-state index in [0.29, 0.717) is 12.8 Å². The van der Waals surface area contributed by atoms with Crippen LogP contribution in [0.1, 0.15) is 40.0 Å². The monoisotopic (exact) mass is 299 g/mol. The molecule has 0 aromatic carbocycles. The van der Waals surface area contributed by atoms with Crippen LogP contribution in [-0.2, 0) is 14.4 Å². The molecule has 1 rings (SSSR count). The fourth-order valence-electron chi connectivity index (χ4n) is 3.04. The SMILES string of the molecule is CC1C(NC(=O)C(N)CC(N)=O)CCC(C(=O)O)C1(C)C. The minimum absolute atomic E-state index is 0.0166. The number of nitrogens with two attached hydrogens (primary N) is 2. The van der Waals surface area contributed by atoms with Gasteiger partial charge in [0.05, 0.1) is 18.4 Å². The van der Waals surface area contributed by atoms with E-state index in [0.717, 1.165) is 0 Å². The molecule has 0 aromatic heterocycles. The van der Waals surface area contributed by atoms with Gasteiger partial charge in [-0.2, -0.15) is 0 Å². The third-order valence-corrected chi connectivity index (χ3v) is 4.83. The smallest absolute Gasteiger partial charge is 0.307 e. The fraction of sp³-hybridized carbons (Fsp3) is 0.786. The van der Waals surface area contributed by atoms with E-state index in [1.165, 1.54) is 0 Å². The van der Waals surface area contributed by atoms with Gasteiger partial charge in [0.25, 0.3) is 0 Å². The number of primary amides is 1. The maximum absolute atomic E-state index is 12.0. The normalized spacial score (nSPS) is 29.4. The lowest BCUT2D eigenvalue weighted by Gasteiger charge is -2.46. The molecule has 4 unspecified atom stereocenters. The minimum atomic E-state index is -0.963. The maximum Gasteiger partial charge on any atom is 0.307 e.